The molecule has 1 saturated heterocycles. The lowest BCUT2D eigenvalue weighted by Crippen LogP contribution is -2.38. The number of fused-ring (bicyclic) bond motifs is 1. The molecule has 8 nitrogen and oxygen atoms in total. The maximum atomic E-state index is 12.9. The van der Waals surface area contributed by atoms with Crippen molar-refractivity contribution in [3.8, 4) is 5.88 Å². The van der Waals surface area contributed by atoms with Crippen molar-refractivity contribution in [1.82, 2.24) is 24.0 Å². The first kappa shape index (κ1) is 18.7. The average Bonchev–Trinajstić information content (AvgIpc) is 3.28. The fourth-order valence-corrected chi connectivity index (χ4v) is 4.75. The predicted molar refractivity (Wildman–Crippen MR) is 102 cm³/mol. The van der Waals surface area contributed by atoms with Gasteiger partial charge in [0.05, 0.1) is 12.1 Å². The van der Waals surface area contributed by atoms with Gasteiger partial charge >= 0.3 is 5.69 Å². The number of imidazole rings is 1. The molecule has 1 aliphatic carbocycles. The monoisotopic (exact) mass is 395 g/mol. The first-order chi connectivity index (χ1) is 12.9. The van der Waals surface area contributed by atoms with Gasteiger partial charge in [0.25, 0.3) is 0 Å². The number of rotatable bonds is 4. The topological polar surface area (TPSA) is 85.4 Å². The zero-order chi connectivity index (χ0) is 19.3. The number of likely N-dealkylation sites (N-methyl/N-ethyl adjacent to an activating group) is 1. The van der Waals surface area contributed by atoms with Crippen molar-refractivity contribution in [3.63, 3.8) is 0 Å². The molecule has 2 aromatic rings. The zero-order valence-corrected chi connectivity index (χ0v) is 16.7. The minimum absolute atomic E-state index is 0.0383. The van der Waals surface area contributed by atoms with Crippen molar-refractivity contribution in [3.05, 3.63) is 15.8 Å². The van der Waals surface area contributed by atoms with Gasteiger partial charge in [-0.05, 0) is 64.2 Å². The molecule has 1 N–H and O–H groups in total. The number of halogens is 1. The third-order valence-corrected chi connectivity index (χ3v) is 6.22. The van der Waals surface area contributed by atoms with Gasteiger partial charge in [-0.25, -0.2) is 4.79 Å². The SMILES string of the molecule is C[C@H](Oc1nc(Cl)nc2c1n(C)c(=O)n2[C@H]1CCC[C@@H]1O)[C@@H]1CCCN1C. The molecule has 4 rings (SSSR count). The summed E-state index contributed by atoms with van der Waals surface area (Å²) in [6.45, 7) is 3.07. The van der Waals surface area contributed by atoms with Gasteiger partial charge < -0.3 is 9.84 Å². The van der Waals surface area contributed by atoms with Crippen LogP contribution in [0.25, 0.3) is 11.2 Å². The fourth-order valence-electron chi connectivity index (χ4n) is 4.59. The number of nitrogens with zero attached hydrogens (tertiary/aromatic N) is 5. The molecular weight excluding hydrogens is 370 g/mol. The summed E-state index contributed by atoms with van der Waals surface area (Å²) in [6.07, 6.45) is 3.85. The molecule has 1 aliphatic heterocycles. The molecule has 0 radical (unpaired) electrons. The molecule has 27 heavy (non-hydrogen) atoms. The molecule has 1 saturated carbocycles. The molecule has 0 unspecified atom stereocenters. The third-order valence-electron chi connectivity index (χ3n) is 6.05. The molecule has 3 heterocycles. The van der Waals surface area contributed by atoms with E-state index in [0.717, 1.165) is 32.2 Å². The molecular formula is C18H26ClN5O3. The van der Waals surface area contributed by atoms with Crippen molar-refractivity contribution < 1.29 is 9.84 Å². The lowest BCUT2D eigenvalue weighted by molar-refractivity contribution is 0.118. The van der Waals surface area contributed by atoms with Crippen LogP contribution < -0.4 is 10.4 Å². The zero-order valence-electron chi connectivity index (χ0n) is 15.9. The lowest BCUT2D eigenvalue weighted by Gasteiger charge is -2.26. The Kier molecular flexibility index (Phi) is 4.90. The van der Waals surface area contributed by atoms with E-state index in [0.29, 0.717) is 29.5 Å². The fraction of sp³-hybridized carbons (Fsp3) is 0.722. The van der Waals surface area contributed by atoms with Gasteiger partial charge in [0.1, 0.15) is 6.10 Å². The lowest BCUT2D eigenvalue weighted by atomic mass is 10.1. The van der Waals surface area contributed by atoms with E-state index in [9.17, 15) is 9.90 Å². The van der Waals surface area contributed by atoms with Crippen LogP contribution in [0.2, 0.25) is 5.28 Å². The van der Waals surface area contributed by atoms with Crippen LogP contribution >= 0.6 is 11.6 Å². The number of hydrogen-bond acceptors (Lipinski definition) is 6. The minimum atomic E-state index is -0.558. The molecule has 0 amide bonds. The van der Waals surface area contributed by atoms with Crippen LogP contribution in [0.1, 0.15) is 45.1 Å². The van der Waals surface area contributed by atoms with E-state index in [1.165, 1.54) is 4.57 Å². The second kappa shape index (κ2) is 7.07. The van der Waals surface area contributed by atoms with Crippen LogP contribution in [0.5, 0.6) is 5.88 Å². The number of likely N-dealkylation sites (tertiary alicyclic amines) is 1. The van der Waals surface area contributed by atoms with Crippen LogP contribution in [0.4, 0.5) is 0 Å². The average molecular weight is 396 g/mol. The number of aliphatic hydroxyl groups excluding tert-OH is 1. The summed E-state index contributed by atoms with van der Waals surface area (Å²) >= 11 is 6.17. The van der Waals surface area contributed by atoms with Gasteiger partial charge in [-0.15, -0.1) is 0 Å². The molecule has 4 atom stereocenters. The predicted octanol–water partition coefficient (Wildman–Crippen LogP) is 1.73. The molecule has 0 aromatic carbocycles. The molecule has 2 aliphatic rings. The van der Waals surface area contributed by atoms with E-state index in [1.54, 1.807) is 11.6 Å². The Bertz CT molecular complexity index is 911. The van der Waals surface area contributed by atoms with E-state index in [2.05, 4.69) is 21.9 Å². The van der Waals surface area contributed by atoms with Crippen LogP contribution in [-0.2, 0) is 7.05 Å². The Morgan fingerprint density at radius 2 is 2.00 bits per heavy atom. The number of aromatic nitrogens is 4. The van der Waals surface area contributed by atoms with Crippen molar-refractivity contribution in [1.29, 1.82) is 0 Å². The van der Waals surface area contributed by atoms with Gasteiger partial charge in [0.2, 0.25) is 11.2 Å². The summed E-state index contributed by atoms with van der Waals surface area (Å²) in [6, 6.07) is 0.00274. The Morgan fingerprint density at radius 3 is 2.63 bits per heavy atom. The van der Waals surface area contributed by atoms with Crippen LogP contribution in [0.15, 0.2) is 4.79 Å². The summed E-state index contributed by atoms with van der Waals surface area (Å²) < 4.78 is 9.24. The summed E-state index contributed by atoms with van der Waals surface area (Å²) in [5.41, 5.74) is 0.717. The first-order valence-corrected chi connectivity index (χ1v) is 9.95. The van der Waals surface area contributed by atoms with E-state index in [-0.39, 0.29) is 23.1 Å². The molecule has 0 bridgehead atoms. The highest BCUT2D eigenvalue weighted by molar-refractivity contribution is 6.28. The highest BCUT2D eigenvalue weighted by Crippen LogP contribution is 2.34. The Balaban J connectivity index is 1.79. The normalized spacial score (nSPS) is 27.5. The van der Waals surface area contributed by atoms with Crippen LogP contribution in [0, 0.1) is 0 Å². The molecule has 2 fully saturated rings. The molecule has 2 aromatic heterocycles. The first-order valence-electron chi connectivity index (χ1n) is 9.58. The smallest absolute Gasteiger partial charge is 0.330 e. The standard InChI is InChI=1S/C18H26ClN5O3/c1-10(11-7-5-9-22(11)2)27-16-14-15(20-17(19)21-16)24(18(26)23(14)3)12-6-4-8-13(12)25/h10-13,25H,4-9H2,1-3H3/t10-,11-,12-,13-/m0/s1. The van der Waals surface area contributed by atoms with Gasteiger partial charge in [0, 0.05) is 13.1 Å². The second-order valence-corrected chi connectivity index (χ2v) is 8.10. The van der Waals surface area contributed by atoms with Crippen LogP contribution in [0.3, 0.4) is 0 Å². The maximum Gasteiger partial charge on any atom is 0.330 e. The van der Waals surface area contributed by atoms with E-state index in [1.807, 2.05) is 6.92 Å². The van der Waals surface area contributed by atoms with Crippen molar-refractivity contribution in [2.45, 2.75) is 63.3 Å². The molecule has 9 heteroatoms. The van der Waals surface area contributed by atoms with Crippen molar-refractivity contribution in [2.75, 3.05) is 13.6 Å². The number of hydrogen-bond donors (Lipinski definition) is 1. The second-order valence-electron chi connectivity index (χ2n) is 7.76. The number of aryl methyl sites for hydroxylation is 1. The van der Waals surface area contributed by atoms with E-state index < -0.39 is 6.10 Å². The van der Waals surface area contributed by atoms with Gasteiger partial charge in [-0.1, -0.05) is 0 Å². The maximum absolute atomic E-state index is 12.9. The van der Waals surface area contributed by atoms with Gasteiger partial charge in [0.15, 0.2) is 11.2 Å². The van der Waals surface area contributed by atoms with E-state index in [4.69, 9.17) is 16.3 Å². The molecule has 148 valence electrons. The molecule has 0 spiro atoms. The largest absolute Gasteiger partial charge is 0.471 e. The van der Waals surface area contributed by atoms with Gasteiger partial charge in [-0.2, -0.15) is 9.97 Å². The number of aliphatic hydroxyl groups is 1. The summed E-state index contributed by atoms with van der Waals surface area (Å²) in [4.78, 5) is 23.8. The third kappa shape index (κ3) is 3.13. The minimum Gasteiger partial charge on any atom is -0.471 e. The highest BCUT2D eigenvalue weighted by Gasteiger charge is 2.33. The number of ether oxygens (including phenoxy) is 1. The van der Waals surface area contributed by atoms with E-state index >= 15 is 0 Å². The Hall–Kier alpha value is -1.64. The van der Waals surface area contributed by atoms with Gasteiger partial charge in [-0.3, -0.25) is 14.0 Å². The van der Waals surface area contributed by atoms with Crippen LogP contribution in [-0.4, -0.2) is 61.0 Å². The summed E-state index contributed by atoms with van der Waals surface area (Å²) in [5, 5.41) is 10.3. The summed E-state index contributed by atoms with van der Waals surface area (Å²) in [7, 11) is 3.77. The summed E-state index contributed by atoms with van der Waals surface area (Å²) in [5.74, 6) is 0.323. The highest BCUT2D eigenvalue weighted by atomic mass is 35.5. The Morgan fingerprint density at radius 1 is 1.22 bits per heavy atom. The quantitative estimate of drug-likeness (QED) is 0.793. The van der Waals surface area contributed by atoms with Crippen molar-refractivity contribution in [2.24, 2.45) is 7.05 Å². The Labute approximate surface area is 162 Å². The van der Waals surface area contributed by atoms with Crippen molar-refractivity contribution >= 4 is 22.8 Å².